The zero-order valence-electron chi connectivity index (χ0n) is 7.30. The molecule has 0 aromatic rings. The van der Waals surface area contributed by atoms with Gasteiger partial charge in [-0.05, 0) is 0 Å². The average Bonchev–Trinajstić information content (AvgIpc) is 1.60. The van der Waals surface area contributed by atoms with Gasteiger partial charge in [-0.1, -0.05) is 45.4 Å². The van der Waals surface area contributed by atoms with E-state index in [1.165, 1.54) is 10.8 Å². The third kappa shape index (κ3) is 5.30. The molecular formula is C7H16OS2. The lowest BCUT2D eigenvalue weighted by Gasteiger charge is -2.17. The molecule has 0 spiro atoms. The van der Waals surface area contributed by atoms with Crippen LogP contribution >= 0.6 is 10.8 Å². The van der Waals surface area contributed by atoms with Gasteiger partial charge in [0.15, 0.2) is 0 Å². The van der Waals surface area contributed by atoms with Crippen molar-refractivity contribution in [3.8, 4) is 0 Å². The van der Waals surface area contributed by atoms with Crippen LogP contribution in [0.2, 0.25) is 0 Å². The van der Waals surface area contributed by atoms with E-state index in [1.54, 1.807) is 0 Å². The molecule has 3 heteroatoms. The Balaban J connectivity index is 3.81. The molecule has 1 unspecified atom stereocenters. The van der Waals surface area contributed by atoms with Crippen LogP contribution in [-0.4, -0.2) is 14.2 Å². The van der Waals surface area contributed by atoms with Gasteiger partial charge in [-0.3, -0.25) is 0 Å². The largest absolute Gasteiger partial charge is 0.248 e. The quantitative estimate of drug-likeness (QED) is 0.608. The summed E-state index contributed by atoms with van der Waals surface area (Å²) in [5.74, 6) is 0. The lowest BCUT2D eigenvalue weighted by Crippen LogP contribution is -2.13. The maximum Gasteiger partial charge on any atom is 0.0834 e. The van der Waals surface area contributed by atoms with E-state index in [0.29, 0.717) is 0 Å². The van der Waals surface area contributed by atoms with Crippen molar-refractivity contribution in [1.29, 1.82) is 0 Å². The standard InChI is InChI=1S/C7H16OS2/c1-6(2)10(8)9-7(3,4)5/h6H,1-5H3. The van der Waals surface area contributed by atoms with Crippen molar-refractivity contribution >= 4 is 20.6 Å². The predicted octanol–water partition coefficient (Wildman–Crippen LogP) is 2.59. The van der Waals surface area contributed by atoms with Gasteiger partial charge in [0, 0.05) is 10.00 Å². The van der Waals surface area contributed by atoms with Gasteiger partial charge in [0.1, 0.15) is 0 Å². The lowest BCUT2D eigenvalue weighted by molar-refractivity contribution is 0.685. The SMILES string of the molecule is CC(C)S(=O)SC(C)(C)C. The van der Waals surface area contributed by atoms with Crippen molar-refractivity contribution in [3.63, 3.8) is 0 Å². The van der Waals surface area contributed by atoms with Crippen molar-refractivity contribution in [2.24, 2.45) is 0 Å². The summed E-state index contributed by atoms with van der Waals surface area (Å²) in [4.78, 5) is 0. The zero-order chi connectivity index (χ0) is 8.36. The molecule has 0 radical (unpaired) electrons. The highest BCUT2D eigenvalue weighted by Gasteiger charge is 2.17. The van der Waals surface area contributed by atoms with Gasteiger partial charge < -0.3 is 0 Å². The molecule has 1 nitrogen and oxygen atoms in total. The van der Waals surface area contributed by atoms with Crippen molar-refractivity contribution in [3.05, 3.63) is 0 Å². The Morgan fingerprint density at radius 3 is 1.80 bits per heavy atom. The minimum Gasteiger partial charge on any atom is -0.248 e. The normalized spacial score (nSPS) is 15.8. The molecule has 0 rings (SSSR count). The molecule has 0 aromatic heterocycles. The third-order valence-electron chi connectivity index (χ3n) is 0.717. The van der Waals surface area contributed by atoms with Gasteiger partial charge in [0.2, 0.25) is 0 Å². The van der Waals surface area contributed by atoms with Crippen LogP contribution in [0.5, 0.6) is 0 Å². The minimum absolute atomic E-state index is 0.120. The molecule has 62 valence electrons. The van der Waals surface area contributed by atoms with Gasteiger partial charge in [-0.2, -0.15) is 0 Å². The Labute approximate surface area is 69.8 Å². The Hall–Kier alpha value is 0.500. The molecule has 0 aliphatic heterocycles. The molecule has 10 heavy (non-hydrogen) atoms. The molecule has 0 saturated heterocycles. The first-order valence-electron chi connectivity index (χ1n) is 3.43. The van der Waals surface area contributed by atoms with Crippen molar-refractivity contribution < 1.29 is 4.21 Å². The van der Waals surface area contributed by atoms with E-state index in [4.69, 9.17) is 0 Å². The average molecular weight is 180 g/mol. The Morgan fingerprint density at radius 2 is 1.70 bits per heavy atom. The summed E-state index contributed by atoms with van der Waals surface area (Å²) in [5, 5.41) is 0.268. The molecular weight excluding hydrogens is 164 g/mol. The van der Waals surface area contributed by atoms with E-state index in [1.807, 2.05) is 13.8 Å². The van der Waals surface area contributed by atoms with Crippen LogP contribution in [0.3, 0.4) is 0 Å². The highest BCUT2D eigenvalue weighted by molar-refractivity contribution is 8.69. The molecule has 0 aliphatic rings. The van der Waals surface area contributed by atoms with Gasteiger partial charge in [-0.25, -0.2) is 4.21 Å². The summed E-state index contributed by atoms with van der Waals surface area (Å²) in [5.41, 5.74) is 0. The number of rotatable bonds is 2. The highest BCUT2D eigenvalue weighted by Crippen LogP contribution is 2.28. The van der Waals surface area contributed by atoms with Crippen LogP contribution < -0.4 is 0 Å². The fourth-order valence-corrected chi connectivity index (χ4v) is 3.08. The Bertz CT molecular complexity index is 124. The van der Waals surface area contributed by atoms with E-state index in [0.717, 1.165) is 0 Å². The molecule has 0 heterocycles. The van der Waals surface area contributed by atoms with Gasteiger partial charge >= 0.3 is 0 Å². The first kappa shape index (κ1) is 10.5. The van der Waals surface area contributed by atoms with E-state index in [2.05, 4.69) is 20.8 Å². The van der Waals surface area contributed by atoms with Crippen LogP contribution in [0.4, 0.5) is 0 Å². The maximum absolute atomic E-state index is 11.2. The van der Waals surface area contributed by atoms with Crippen molar-refractivity contribution in [2.75, 3.05) is 0 Å². The van der Waals surface area contributed by atoms with E-state index < -0.39 is 9.83 Å². The maximum atomic E-state index is 11.2. The van der Waals surface area contributed by atoms with E-state index in [9.17, 15) is 4.21 Å². The molecule has 0 aromatic carbocycles. The van der Waals surface area contributed by atoms with Crippen LogP contribution in [0.15, 0.2) is 0 Å². The summed E-state index contributed by atoms with van der Waals surface area (Å²) in [6.07, 6.45) is 0. The molecule has 0 amide bonds. The van der Waals surface area contributed by atoms with Crippen molar-refractivity contribution in [1.82, 2.24) is 0 Å². The van der Waals surface area contributed by atoms with Crippen LogP contribution in [0, 0.1) is 0 Å². The Morgan fingerprint density at radius 1 is 1.30 bits per heavy atom. The van der Waals surface area contributed by atoms with Crippen molar-refractivity contribution in [2.45, 2.75) is 44.6 Å². The molecule has 1 atom stereocenters. The Kier molecular flexibility index (Phi) is 3.95. The first-order chi connectivity index (χ1) is 4.33. The zero-order valence-corrected chi connectivity index (χ0v) is 8.94. The van der Waals surface area contributed by atoms with Crippen LogP contribution in [0.1, 0.15) is 34.6 Å². The predicted molar refractivity (Wildman–Crippen MR) is 50.6 cm³/mol. The molecule has 0 aliphatic carbocycles. The summed E-state index contributed by atoms with van der Waals surface area (Å²) in [6.45, 7) is 10.2. The topological polar surface area (TPSA) is 17.1 Å². The smallest absolute Gasteiger partial charge is 0.0834 e. The number of hydrogen-bond acceptors (Lipinski definition) is 2. The second-order valence-corrected chi connectivity index (χ2v) is 7.85. The van der Waals surface area contributed by atoms with Gasteiger partial charge in [-0.15, -0.1) is 0 Å². The molecule has 0 saturated carbocycles. The summed E-state index contributed by atoms with van der Waals surface area (Å²) < 4.78 is 11.4. The fraction of sp³-hybridized carbons (Fsp3) is 1.00. The van der Waals surface area contributed by atoms with Gasteiger partial charge in [0.05, 0.1) is 9.83 Å². The van der Waals surface area contributed by atoms with E-state index >= 15 is 0 Å². The van der Waals surface area contributed by atoms with Crippen LogP contribution in [-0.2, 0) is 9.83 Å². The summed E-state index contributed by atoms with van der Waals surface area (Å²) in [6, 6.07) is 0. The van der Waals surface area contributed by atoms with Gasteiger partial charge in [0.25, 0.3) is 0 Å². The summed E-state index contributed by atoms with van der Waals surface area (Å²) >= 11 is 0. The second kappa shape index (κ2) is 3.77. The second-order valence-electron chi connectivity index (χ2n) is 3.50. The number of hydrogen-bond donors (Lipinski definition) is 0. The fourth-order valence-electron chi connectivity index (χ4n) is 0.343. The van der Waals surface area contributed by atoms with E-state index in [-0.39, 0.29) is 10.00 Å². The molecule has 0 bridgehead atoms. The highest BCUT2D eigenvalue weighted by atomic mass is 33.1. The lowest BCUT2D eigenvalue weighted by atomic mass is 10.3. The minimum atomic E-state index is -0.725. The first-order valence-corrected chi connectivity index (χ1v) is 5.97. The molecule has 0 N–H and O–H groups in total. The molecule has 0 fully saturated rings. The summed E-state index contributed by atoms with van der Waals surface area (Å²) in [7, 11) is 0.812. The third-order valence-corrected chi connectivity index (χ3v) is 5.30. The monoisotopic (exact) mass is 180 g/mol. The van der Waals surface area contributed by atoms with Crippen LogP contribution in [0.25, 0.3) is 0 Å².